The highest BCUT2D eigenvalue weighted by Crippen LogP contribution is 2.22. The number of carbonyl (C=O) groups excluding carboxylic acids is 2. The lowest BCUT2D eigenvalue weighted by Gasteiger charge is -2.21. The number of halogens is 2. The predicted octanol–water partition coefficient (Wildman–Crippen LogP) is 3.83. The first kappa shape index (κ1) is 17.8. The van der Waals surface area contributed by atoms with E-state index in [1.807, 2.05) is 0 Å². The molecular weight excluding hydrogens is 311 g/mol. The van der Waals surface area contributed by atoms with Gasteiger partial charge in [0.1, 0.15) is 0 Å². The van der Waals surface area contributed by atoms with Crippen LogP contribution in [-0.4, -0.2) is 29.8 Å². The highest BCUT2D eigenvalue weighted by atomic mass is 35.5. The molecule has 0 atom stereocenters. The molecule has 0 heterocycles. The summed E-state index contributed by atoms with van der Waals surface area (Å²) < 4.78 is 0. The van der Waals surface area contributed by atoms with Crippen LogP contribution in [0.2, 0.25) is 10.0 Å². The van der Waals surface area contributed by atoms with E-state index in [1.54, 1.807) is 18.2 Å². The van der Waals surface area contributed by atoms with Gasteiger partial charge in [-0.25, -0.2) is 0 Å². The van der Waals surface area contributed by atoms with Crippen LogP contribution in [0.5, 0.6) is 0 Å². The number of amides is 2. The molecule has 0 unspecified atom stereocenters. The van der Waals surface area contributed by atoms with E-state index < -0.39 is 0 Å². The topological polar surface area (TPSA) is 49.4 Å². The Balaban J connectivity index is 2.63. The fourth-order valence-electron chi connectivity index (χ4n) is 1.76. The van der Waals surface area contributed by atoms with Crippen molar-refractivity contribution in [2.75, 3.05) is 18.4 Å². The average Bonchev–Trinajstić information content (AvgIpc) is 2.32. The zero-order valence-corrected chi connectivity index (χ0v) is 14.0. The quantitative estimate of drug-likeness (QED) is 0.861. The van der Waals surface area contributed by atoms with E-state index in [1.165, 1.54) is 11.8 Å². The van der Waals surface area contributed by atoms with Crippen molar-refractivity contribution in [3.63, 3.8) is 0 Å². The van der Waals surface area contributed by atoms with E-state index in [4.69, 9.17) is 23.2 Å². The van der Waals surface area contributed by atoms with Gasteiger partial charge in [0.25, 0.3) is 0 Å². The molecule has 21 heavy (non-hydrogen) atoms. The van der Waals surface area contributed by atoms with Crippen molar-refractivity contribution >= 4 is 40.7 Å². The maximum atomic E-state index is 12.0. The van der Waals surface area contributed by atoms with Crippen LogP contribution in [0.3, 0.4) is 0 Å². The number of hydrogen-bond acceptors (Lipinski definition) is 2. The molecule has 0 saturated carbocycles. The number of hydrogen-bond donors (Lipinski definition) is 1. The van der Waals surface area contributed by atoms with Crippen LogP contribution in [0.25, 0.3) is 0 Å². The molecule has 0 bridgehead atoms. The minimum Gasteiger partial charge on any atom is -0.334 e. The summed E-state index contributed by atoms with van der Waals surface area (Å²) in [7, 11) is 0. The third kappa shape index (κ3) is 6.82. The fourth-order valence-corrected chi connectivity index (χ4v) is 2.29. The van der Waals surface area contributed by atoms with Crippen LogP contribution >= 0.6 is 23.2 Å². The lowest BCUT2D eigenvalue weighted by molar-refractivity contribution is -0.132. The number of benzene rings is 1. The Bertz CT molecular complexity index is 498. The van der Waals surface area contributed by atoms with E-state index in [0.717, 1.165) is 6.42 Å². The molecule has 2 amide bonds. The molecule has 1 N–H and O–H groups in total. The van der Waals surface area contributed by atoms with Gasteiger partial charge in [-0.3, -0.25) is 9.59 Å². The normalized spacial score (nSPS) is 10.6. The predicted molar refractivity (Wildman–Crippen MR) is 86.8 cm³/mol. The third-order valence-corrected chi connectivity index (χ3v) is 3.34. The van der Waals surface area contributed by atoms with Crippen molar-refractivity contribution in [2.24, 2.45) is 5.92 Å². The van der Waals surface area contributed by atoms with Gasteiger partial charge in [0, 0.05) is 29.2 Å². The highest BCUT2D eigenvalue weighted by molar-refractivity contribution is 6.35. The fraction of sp³-hybridized carbons (Fsp3) is 0.467. The summed E-state index contributed by atoms with van der Waals surface area (Å²) in [6.07, 6.45) is 0.857. The third-order valence-electron chi connectivity index (χ3n) is 2.90. The van der Waals surface area contributed by atoms with Crippen LogP contribution in [-0.2, 0) is 9.59 Å². The van der Waals surface area contributed by atoms with Gasteiger partial charge in [-0.15, -0.1) is 0 Å². The van der Waals surface area contributed by atoms with E-state index in [2.05, 4.69) is 19.2 Å². The van der Waals surface area contributed by atoms with Crippen LogP contribution < -0.4 is 5.32 Å². The van der Waals surface area contributed by atoms with Gasteiger partial charge in [0.2, 0.25) is 11.8 Å². The second kappa shape index (κ2) is 8.25. The van der Waals surface area contributed by atoms with Crippen molar-refractivity contribution in [1.82, 2.24) is 4.90 Å². The Morgan fingerprint density at radius 2 is 1.76 bits per heavy atom. The molecule has 0 aliphatic rings. The molecule has 0 fully saturated rings. The molecule has 0 aliphatic heterocycles. The maximum Gasteiger partial charge on any atom is 0.243 e. The molecule has 4 nitrogen and oxygen atoms in total. The molecular formula is C15H20Cl2N2O2. The monoisotopic (exact) mass is 330 g/mol. The second-order valence-corrected chi connectivity index (χ2v) is 6.20. The minimum absolute atomic E-state index is 0.0200. The van der Waals surface area contributed by atoms with Gasteiger partial charge >= 0.3 is 0 Å². The SMILES string of the molecule is CC(=O)N(CCC(C)C)CC(=O)Nc1cc(Cl)cc(Cl)c1. The average molecular weight is 331 g/mol. The molecule has 1 aromatic rings. The summed E-state index contributed by atoms with van der Waals surface area (Å²) in [5.41, 5.74) is 0.518. The van der Waals surface area contributed by atoms with E-state index in [0.29, 0.717) is 28.2 Å². The lowest BCUT2D eigenvalue weighted by atomic mass is 10.1. The van der Waals surface area contributed by atoms with Gasteiger partial charge in [-0.05, 0) is 30.5 Å². The summed E-state index contributed by atoms with van der Waals surface area (Å²) >= 11 is 11.7. The van der Waals surface area contributed by atoms with E-state index in [-0.39, 0.29) is 18.4 Å². The van der Waals surface area contributed by atoms with E-state index >= 15 is 0 Å². The zero-order valence-electron chi connectivity index (χ0n) is 12.5. The first-order chi connectivity index (χ1) is 9.77. The minimum atomic E-state index is -0.271. The number of rotatable bonds is 6. The smallest absolute Gasteiger partial charge is 0.243 e. The standard InChI is InChI=1S/C15H20Cl2N2O2/c1-10(2)4-5-19(11(3)20)9-15(21)18-14-7-12(16)6-13(17)8-14/h6-8,10H,4-5,9H2,1-3H3,(H,18,21). The van der Waals surface area contributed by atoms with Gasteiger partial charge in [-0.1, -0.05) is 37.0 Å². The second-order valence-electron chi connectivity index (χ2n) is 5.33. The van der Waals surface area contributed by atoms with Crippen molar-refractivity contribution in [3.8, 4) is 0 Å². The molecule has 116 valence electrons. The van der Waals surface area contributed by atoms with Crippen LogP contribution in [0.4, 0.5) is 5.69 Å². The van der Waals surface area contributed by atoms with Gasteiger partial charge in [0.15, 0.2) is 0 Å². The Kier molecular flexibility index (Phi) is 6.99. The van der Waals surface area contributed by atoms with Crippen molar-refractivity contribution in [2.45, 2.75) is 27.2 Å². The lowest BCUT2D eigenvalue weighted by Crippen LogP contribution is -2.37. The Morgan fingerprint density at radius 1 is 1.19 bits per heavy atom. The van der Waals surface area contributed by atoms with Crippen LogP contribution in [0.1, 0.15) is 27.2 Å². The Labute approximate surface area is 135 Å². The van der Waals surface area contributed by atoms with Gasteiger partial charge in [0.05, 0.1) is 6.54 Å². The van der Waals surface area contributed by atoms with Gasteiger partial charge in [-0.2, -0.15) is 0 Å². The molecule has 6 heteroatoms. The molecule has 0 aliphatic carbocycles. The maximum absolute atomic E-state index is 12.0. The Hall–Kier alpha value is -1.26. The summed E-state index contributed by atoms with van der Waals surface area (Å²) in [5.74, 6) is 0.0869. The van der Waals surface area contributed by atoms with Crippen molar-refractivity contribution in [1.29, 1.82) is 0 Å². The van der Waals surface area contributed by atoms with Crippen LogP contribution in [0, 0.1) is 5.92 Å². The first-order valence-corrected chi connectivity index (χ1v) is 7.55. The molecule has 0 saturated heterocycles. The number of carbonyl (C=O) groups is 2. The molecule has 1 aromatic carbocycles. The zero-order chi connectivity index (χ0) is 16.0. The molecule has 0 radical (unpaired) electrons. The largest absolute Gasteiger partial charge is 0.334 e. The number of nitrogens with zero attached hydrogens (tertiary/aromatic N) is 1. The summed E-state index contributed by atoms with van der Waals surface area (Å²) in [4.78, 5) is 25.1. The summed E-state index contributed by atoms with van der Waals surface area (Å²) in [5, 5.41) is 3.59. The first-order valence-electron chi connectivity index (χ1n) is 6.79. The van der Waals surface area contributed by atoms with E-state index in [9.17, 15) is 9.59 Å². The highest BCUT2D eigenvalue weighted by Gasteiger charge is 2.14. The van der Waals surface area contributed by atoms with Crippen molar-refractivity contribution in [3.05, 3.63) is 28.2 Å². The molecule has 0 aromatic heterocycles. The molecule has 0 spiro atoms. The molecule has 1 rings (SSSR count). The summed E-state index contributed by atoms with van der Waals surface area (Å²) in [6, 6.07) is 4.80. The Morgan fingerprint density at radius 3 is 2.24 bits per heavy atom. The number of anilines is 1. The van der Waals surface area contributed by atoms with Crippen molar-refractivity contribution < 1.29 is 9.59 Å². The van der Waals surface area contributed by atoms with Gasteiger partial charge < -0.3 is 10.2 Å². The van der Waals surface area contributed by atoms with Crippen LogP contribution in [0.15, 0.2) is 18.2 Å². The number of nitrogens with one attached hydrogen (secondary N) is 1. The summed E-state index contributed by atoms with van der Waals surface area (Å²) in [6.45, 7) is 6.20.